The van der Waals surface area contributed by atoms with Crippen LogP contribution in [0.4, 0.5) is 10.5 Å². The van der Waals surface area contributed by atoms with Crippen LogP contribution in [0.3, 0.4) is 0 Å². The Balaban J connectivity index is 1.31. The average Bonchev–Trinajstić information content (AvgIpc) is 3.72. The van der Waals surface area contributed by atoms with Gasteiger partial charge in [-0.3, -0.25) is 9.59 Å². The molecule has 0 bridgehead atoms. The number of benzene rings is 2. The molecule has 2 unspecified atom stereocenters. The number of halogens is 1. The van der Waals surface area contributed by atoms with Gasteiger partial charge in [0.25, 0.3) is 15.9 Å². The van der Waals surface area contributed by atoms with Gasteiger partial charge in [0.15, 0.2) is 0 Å². The van der Waals surface area contributed by atoms with E-state index in [1.807, 2.05) is 52.8 Å². The molecule has 5 rings (SSSR count). The van der Waals surface area contributed by atoms with Crippen molar-refractivity contribution in [2.45, 2.75) is 89.9 Å². The molecule has 0 aliphatic carbocycles. The Morgan fingerprint density at radius 2 is 1.87 bits per heavy atom. The summed E-state index contributed by atoms with van der Waals surface area (Å²) in [6.07, 6.45) is 6.32. The van der Waals surface area contributed by atoms with Crippen LogP contribution in [-0.2, 0) is 42.1 Å². The van der Waals surface area contributed by atoms with Gasteiger partial charge in [0.1, 0.15) is 24.5 Å². The van der Waals surface area contributed by atoms with Crippen molar-refractivity contribution in [2.24, 2.45) is 11.8 Å². The third-order valence-electron chi connectivity index (χ3n) is 9.03. The number of hydrogen-bond acceptors (Lipinski definition) is 11. The lowest BCUT2D eigenvalue weighted by Gasteiger charge is -2.30. The van der Waals surface area contributed by atoms with E-state index in [1.54, 1.807) is 29.3 Å². The molecular weight excluding hydrogens is 722 g/mol. The number of anilines is 1. The van der Waals surface area contributed by atoms with E-state index in [1.165, 1.54) is 11.1 Å². The molecule has 15 heteroatoms. The first kappa shape index (κ1) is 40.2. The van der Waals surface area contributed by atoms with Gasteiger partial charge in [-0.25, -0.2) is 23.4 Å². The Morgan fingerprint density at radius 3 is 2.62 bits per heavy atom. The zero-order chi connectivity index (χ0) is 38.3. The molecule has 0 saturated carbocycles. The van der Waals surface area contributed by atoms with E-state index in [2.05, 4.69) is 15.0 Å². The van der Waals surface area contributed by atoms with E-state index in [0.717, 1.165) is 36.8 Å². The van der Waals surface area contributed by atoms with E-state index in [9.17, 15) is 22.8 Å². The molecular formula is C38H52ClN5O8S. The van der Waals surface area contributed by atoms with Crippen molar-refractivity contribution in [3.63, 3.8) is 0 Å². The lowest BCUT2D eigenvalue weighted by Crippen LogP contribution is -2.44. The van der Waals surface area contributed by atoms with Gasteiger partial charge in [-0.2, -0.15) is 0 Å². The fraction of sp³-hybridized carbons (Fsp3) is 0.553. The molecule has 0 aromatic heterocycles. The van der Waals surface area contributed by atoms with Crippen molar-refractivity contribution in [1.82, 2.24) is 20.1 Å². The van der Waals surface area contributed by atoms with Crippen LogP contribution in [0.5, 0.6) is 5.75 Å². The number of amides is 2. The second-order valence-electron chi connectivity index (χ2n) is 15.3. The first-order valence-corrected chi connectivity index (χ1v) is 20.1. The van der Waals surface area contributed by atoms with Gasteiger partial charge in [-0.15, -0.1) is 0 Å². The maximum Gasteiger partial charge on any atom is 0.410 e. The SMILES string of the molecule is CC(C)COC(=O)CC1C=CN(CC(=O)NS(=O)(=O)c2ccc3c(c2)N(CC2CCN(C(=O)OC(C)(C)C)C2)CCCCc2cc(Cl)ccc2CO3)N1. The molecule has 290 valence electrons. The van der Waals surface area contributed by atoms with Gasteiger partial charge in [-0.1, -0.05) is 31.5 Å². The quantitative estimate of drug-likeness (QED) is 0.299. The Kier molecular flexibility index (Phi) is 13.2. The van der Waals surface area contributed by atoms with E-state index >= 15 is 0 Å². The summed E-state index contributed by atoms with van der Waals surface area (Å²) in [4.78, 5) is 41.8. The summed E-state index contributed by atoms with van der Waals surface area (Å²) in [5, 5.41) is 2.09. The summed E-state index contributed by atoms with van der Waals surface area (Å²) >= 11 is 6.33. The van der Waals surface area contributed by atoms with Crippen LogP contribution in [0.25, 0.3) is 0 Å². The highest BCUT2D eigenvalue weighted by Crippen LogP contribution is 2.35. The van der Waals surface area contributed by atoms with Gasteiger partial charge in [0.2, 0.25) is 0 Å². The number of sulfonamides is 1. The lowest BCUT2D eigenvalue weighted by atomic mass is 10.0. The van der Waals surface area contributed by atoms with Crippen LogP contribution in [0.15, 0.2) is 53.6 Å². The number of aryl methyl sites for hydroxylation is 1. The van der Waals surface area contributed by atoms with Crippen LogP contribution in [-0.4, -0.2) is 87.3 Å². The molecule has 3 aliphatic heterocycles. The monoisotopic (exact) mass is 773 g/mol. The van der Waals surface area contributed by atoms with Crippen LogP contribution in [0, 0.1) is 11.8 Å². The molecule has 2 atom stereocenters. The Labute approximate surface area is 318 Å². The standard InChI is InChI=1S/C38H52ClN5O8S/c1-26(2)24-51-36(46)19-31-14-17-44(40-31)23-35(45)41-53(48,49)32-11-12-34-33(20-32)42(21-27-13-16-43(22-27)37(47)52-38(3,4)5)15-7-6-8-28-18-30(39)10-9-29(28)25-50-34/h9-12,14,17-18,20,26-27,31,40H,6-8,13,15-16,19,21-25H2,1-5H3,(H,41,45). The average molecular weight is 774 g/mol. The van der Waals surface area contributed by atoms with Crippen molar-refractivity contribution in [3.8, 4) is 5.75 Å². The number of carbonyl (C=O) groups is 3. The molecule has 0 spiro atoms. The fourth-order valence-electron chi connectivity index (χ4n) is 6.48. The minimum atomic E-state index is -4.29. The first-order chi connectivity index (χ1) is 25.0. The number of fused-ring (bicyclic) bond motifs is 2. The van der Waals surface area contributed by atoms with Crippen molar-refractivity contribution in [2.75, 3.05) is 44.2 Å². The molecule has 3 aliphatic rings. The number of ether oxygens (including phenoxy) is 3. The van der Waals surface area contributed by atoms with Crippen molar-refractivity contribution >= 4 is 45.3 Å². The molecule has 0 radical (unpaired) electrons. The number of hydrogen-bond donors (Lipinski definition) is 2. The number of likely N-dealkylation sites (tertiary alicyclic amines) is 1. The summed E-state index contributed by atoms with van der Waals surface area (Å²) in [6.45, 7) is 12.0. The largest absolute Gasteiger partial charge is 0.487 e. The van der Waals surface area contributed by atoms with Gasteiger partial charge >= 0.3 is 12.1 Å². The van der Waals surface area contributed by atoms with E-state index in [4.69, 9.17) is 25.8 Å². The number of esters is 1. The highest BCUT2D eigenvalue weighted by atomic mass is 35.5. The molecule has 13 nitrogen and oxygen atoms in total. The van der Waals surface area contributed by atoms with Crippen LogP contribution in [0.1, 0.15) is 71.4 Å². The highest BCUT2D eigenvalue weighted by Gasteiger charge is 2.32. The predicted octanol–water partition coefficient (Wildman–Crippen LogP) is 5.42. The fourth-order valence-corrected chi connectivity index (χ4v) is 7.67. The summed E-state index contributed by atoms with van der Waals surface area (Å²) in [5.74, 6) is -0.287. The predicted molar refractivity (Wildman–Crippen MR) is 202 cm³/mol. The highest BCUT2D eigenvalue weighted by molar-refractivity contribution is 7.90. The smallest absolute Gasteiger partial charge is 0.410 e. The van der Waals surface area contributed by atoms with Crippen molar-refractivity contribution < 1.29 is 37.0 Å². The van der Waals surface area contributed by atoms with Crippen LogP contribution < -0.4 is 19.8 Å². The summed E-state index contributed by atoms with van der Waals surface area (Å²) in [5.41, 5.74) is 5.11. The summed E-state index contributed by atoms with van der Waals surface area (Å²) in [7, 11) is -4.29. The van der Waals surface area contributed by atoms with Crippen molar-refractivity contribution in [1.29, 1.82) is 0 Å². The van der Waals surface area contributed by atoms with E-state index in [0.29, 0.717) is 49.2 Å². The van der Waals surface area contributed by atoms with Gasteiger partial charge in [-0.05, 0) is 106 Å². The number of carbonyl (C=O) groups excluding carboxylic acids is 3. The number of hydrazine groups is 1. The zero-order valence-corrected chi connectivity index (χ0v) is 32.8. The molecule has 2 aromatic rings. The maximum absolute atomic E-state index is 13.7. The van der Waals surface area contributed by atoms with Gasteiger partial charge in [0.05, 0.1) is 29.7 Å². The van der Waals surface area contributed by atoms with Crippen LogP contribution in [0.2, 0.25) is 5.02 Å². The number of rotatable bonds is 10. The second-order valence-corrected chi connectivity index (χ2v) is 17.4. The third kappa shape index (κ3) is 11.7. The molecule has 53 heavy (non-hydrogen) atoms. The van der Waals surface area contributed by atoms with Crippen molar-refractivity contribution in [3.05, 3.63) is 64.8 Å². The molecule has 1 saturated heterocycles. The van der Waals surface area contributed by atoms with Gasteiger partial charge < -0.3 is 29.0 Å². The zero-order valence-electron chi connectivity index (χ0n) is 31.2. The molecule has 3 heterocycles. The molecule has 1 fully saturated rings. The minimum absolute atomic E-state index is 0.0759. The van der Waals surface area contributed by atoms with E-state index in [-0.39, 0.29) is 54.4 Å². The maximum atomic E-state index is 13.7. The first-order valence-electron chi connectivity index (χ1n) is 18.2. The number of nitrogens with one attached hydrogen (secondary N) is 2. The molecule has 2 N–H and O–H groups in total. The topological polar surface area (TPSA) is 147 Å². The summed E-state index contributed by atoms with van der Waals surface area (Å²) < 4.78 is 46.8. The Morgan fingerprint density at radius 1 is 1.08 bits per heavy atom. The normalized spacial score (nSPS) is 19.3. The Bertz CT molecular complexity index is 1780. The van der Waals surface area contributed by atoms with Crippen LogP contribution >= 0.6 is 11.6 Å². The molecule has 2 aromatic carbocycles. The number of nitrogens with zero attached hydrogens (tertiary/aromatic N) is 3. The lowest BCUT2D eigenvalue weighted by molar-refractivity contribution is -0.145. The second kappa shape index (κ2) is 17.4. The van der Waals surface area contributed by atoms with E-state index < -0.39 is 21.5 Å². The summed E-state index contributed by atoms with van der Waals surface area (Å²) in [6, 6.07) is 9.99. The molecule has 2 amide bonds. The Hall–Kier alpha value is -4.01. The third-order valence-corrected chi connectivity index (χ3v) is 10.6. The minimum Gasteiger partial charge on any atom is -0.487 e. The van der Waals surface area contributed by atoms with Gasteiger partial charge in [0, 0.05) is 37.4 Å².